The summed E-state index contributed by atoms with van der Waals surface area (Å²) < 4.78 is 50.5. The third-order valence-corrected chi connectivity index (χ3v) is 4.71. The van der Waals surface area contributed by atoms with Crippen LogP contribution >= 0.6 is 39.1 Å². The van der Waals surface area contributed by atoms with Crippen molar-refractivity contribution in [3.63, 3.8) is 0 Å². The van der Waals surface area contributed by atoms with Crippen molar-refractivity contribution < 1.29 is 32.5 Å². The molecule has 3 rings (SSSR count). The lowest BCUT2D eigenvalue weighted by molar-refractivity contribution is -0.187. The van der Waals surface area contributed by atoms with E-state index in [4.69, 9.17) is 37.8 Å². The van der Waals surface area contributed by atoms with Crippen LogP contribution in [0.3, 0.4) is 0 Å². The van der Waals surface area contributed by atoms with Gasteiger partial charge in [-0.2, -0.15) is 13.2 Å². The number of aliphatic carboxylic acids is 1. The van der Waals surface area contributed by atoms with E-state index in [1.54, 1.807) is 18.2 Å². The quantitative estimate of drug-likeness (QED) is 0.553. The Morgan fingerprint density at radius 2 is 1.89 bits per heavy atom. The minimum absolute atomic E-state index is 0.0338. The molecule has 4 nitrogen and oxygen atoms in total. The fourth-order valence-electron chi connectivity index (χ4n) is 2.37. The summed E-state index contributed by atoms with van der Waals surface area (Å²) in [5.41, 5.74) is -0.833. The van der Waals surface area contributed by atoms with Crippen LogP contribution in [-0.2, 0) is 4.79 Å². The summed E-state index contributed by atoms with van der Waals surface area (Å²) in [7, 11) is 0. The maximum absolute atomic E-state index is 13.2. The van der Waals surface area contributed by atoms with Crippen molar-refractivity contribution in [2.24, 2.45) is 0 Å². The van der Waals surface area contributed by atoms with Gasteiger partial charge in [-0.05, 0) is 46.3 Å². The van der Waals surface area contributed by atoms with E-state index in [9.17, 15) is 18.0 Å². The molecule has 2 aromatic rings. The lowest BCUT2D eigenvalue weighted by Crippen LogP contribution is -2.40. The van der Waals surface area contributed by atoms with Crippen LogP contribution in [0.1, 0.15) is 5.56 Å². The van der Waals surface area contributed by atoms with Gasteiger partial charge in [0.15, 0.2) is 0 Å². The summed E-state index contributed by atoms with van der Waals surface area (Å²) in [4.78, 5) is 11.2. The summed E-state index contributed by atoms with van der Waals surface area (Å²) >= 11 is 15.2. The molecule has 142 valence electrons. The van der Waals surface area contributed by atoms with E-state index < -0.39 is 23.8 Å². The number of hydrogen-bond acceptors (Lipinski definition) is 3. The number of halogens is 6. The fraction of sp³-hybridized carbons (Fsp3) is 0.118. The Kier molecular flexibility index (Phi) is 5.33. The van der Waals surface area contributed by atoms with Gasteiger partial charge in [0, 0.05) is 16.7 Å². The Morgan fingerprint density at radius 1 is 1.19 bits per heavy atom. The van der Waals surface area contributed by atoms with Crippen molar-refractivity contribution in [2.45, 2.75) is 12.3 Å². The van der Waals surface area contributed by atoms with Gasteiger partial charge in [-0.25, -0.2) is 4.79 Å². The SMILES string of the molecule is O=C(O)C1=Cc2cc(Cl)c(Oc3ccc(Cl)cc3Br)cc2O[C@@H]1C(F)(F)F. The summed E-state index contributed by atoms with van der Waals surface area (Å²) in [6.45, 7) is 0. The molecule has 0 bridgehead atoms. The number of ether oxygens (including phenoxy) is 2. The Morgan fingerprint density at radius 3 is 2.48 bits per heavy atom. The first-order chi connectivity index (χ1) is 12.6. The number of carboxylic acids is 1. The van der Waals surface area contributed by atoms with E-state index in [1.807, 2.05) is 0 Å². The van der Waals surface area contributed by atoms with E-state index in [0.717, 1.165) is 6.08 Å². The van der Waals surface area contributed by atoms with Crippen molar-refractivity contribution in [2.75, 3.05) is 0 Å². The van der Waals surface area contributed by atoms with Gasteiger partial charge in [0.1, 0.15) is 17.2 Å². The largest absolute Gasteiger partial charge is 0.478 e. The zero-order valence-electron chi connectivity index (χ0n) is 13.0. The minimum atomic E-state index is -4.90. The van der Waals surface area contributed by atoms with Gasteiger partial charge in [0.2, 0.25) is 6.10 Å². The lowest BCUT2D eigenvalue weighted by Gasteiger charge is -2.27. The number of fused-ring (bicyclic) bond motifs is 1. The molecule has 1 N–H and O–H groups in total. The molecular formula is C17H8BrCl2F3O4. The highest BCUT2D eigenvalue weighted by molar-refractivity contribution is 9.10. The van der Waals surface area contributed by atoms with Crippen molar-refractivity contribution >= 4 is 51.2 Å². The fourth-order valence-corrected chi connectivity index (χ4v) is 3.34. The number of alkyl halides is 3. The van der Waals surface area contributed by atoms with Crippen LogP contribution in [0.2, 0.25) is 10.0 Å². The predicted molar refractivity (Wildman–Crippen MR) is 96.8 cm³/mol. The van der Waals surface area contributed by atoms with Crippen LogP contribution in [0.15, 0.2) is 40.4 Å². The van der Waals surface area contributed by atoms with Gasteiger partial charge in [-0.15, -0.1) is 0 Å². The van der Waals surface area contributed by atoms with Crippen molar-refractivity contribution in [3.05, 3.63) is 56.0 Å². The molecule has 2 aromatic carbocycles. The molecule has 0 aromatic heterocycles. The second kappa shape index (κ2) is 7.26. The standard InChI is InChI=1S/C17H8BrCl2F3O4/c18-10-5-8(19)1-2-12(10)26-14-6-13-7(4-11(14)20)3-9(16(24)25)15(27-13)17(21,22)23/h1-6,15H,(H,24,25)/t15-/m0/s1. The van der Waals surface area contributed by atoms with E-state index in [2.05, 4.69) is 15.9 Å². The molecule has 0 aliphatic carbocycles. The summed E-state index contributed by atoms with van der Waals surface area (Å²) in [5.74, 6) is -1.57. The average molecular weight is 484 g/mol. The van der Waals surface area contributed by atoms with E-state index in [1.165, 1.54) is 12.1 Å². The first-order valence-electron chi connectivity index (χ1n) is 7.21. The number of rotatable bonds is 3. The molecule has 0 amide bonds. The van der Waals surface area contributed by atoms with Gasteiger partial charge in [-0.1, -0.05) is 23.2 Å². The Bertz CT molecular complexity index is 960. The molecule has 1 heterocycles. The molecule has 1 aliphatic rings. The molecule has 0 saturated carbocycles. The van der Waals surface area contributed by atoms with Crippen LogP contribution < -0.4 is 9.47 Å². The van der Waals surface area contributed by atoms with Crippen LogP contribution in [0, 0.1) is 0 Å². The van der Waals surface area contributed by atoms with Gasteiger partial charge >= 0.3 is 12.1 Å². The molecule has 1 atom stereocenters. The second-order valence-electron chi connectivity index (χ2n) is 5.44. The Balaban J connectivity index is 2.02. The second-order valence-corrected chi connectivity index (χ2v) is 7.14. The Labute approximate surface area is 169 Å². The first-order valence-corrected chi connectivity index (χ1v) is 8.76. The molecular weight excluding hydrogens is 476 g/mol. The molecule has 27 heavy (non-hydrogen) atoms. The van der Waals surface area contributed by atoms with Crippen LogP contribution in [0.5, 0.6) is 17.2 Å². The molecule has 0 unspecified atom stereocenters. The number of benzene rings is 2. The summed E-state index contributed by atoms with van der Waals surface area (Å²) in [6.07, 6.45) is -6.62. The van der Waals surface area contributed by atoms with Gasteiger partial charge in [-0.3, -0.25) is 0 Å². The van der Waals surface area contributed by atoms with Gasteiger partial charge in [0.25, 0.3) is 0 Å². The third kappa shape index (κ3) is 4.17. The van der Waals surface area contributed by atoms with E-state index in [-0.39, 0.29) is 22.1 Å². The average Bonchev–Trinajstić information content (AvgIpc) is 2.55. The van der Waals surface area contributed by atoms with Crippen molar-refractivity contribution in [3.8, 4) is 17.2 Å². The molecule has 1 aliphatic heterocycles. The monoisotopic (exact) mass is 482 g/mol. The highest BCUT2D eigenvalue weighted by atomic mass is 79.9. The topological polar surface area (TPSA) is 55.8 Å². The number of carboxylic acid groups (broad SMARTS) is 1. The highest BCUT2D eigenvalue weighted by Crippen LogP contribution is 2.43. The van der Waals surface area contributed by atoms with E-state index in [0.29, 0.717) is 15.2 Å². The Hall–Kier alpha value is -1.90. The zero-order valence-corrected chi connectivity index (χ0v) is 16.1. The van der Waals surface area contributed by atoms with Crippen molar-refractivity contribution in [1.82, 2.24) is 0 Å². The van der Waals surface area contributed by atoms with Gasteiger partial charge < -0.3 is 14.6 Å². The minimum Gasteiger partial charge on any atom is -0.478 e. The maximum Gasteiger partial charge on any atom is 0.430 e. The third-order valence-electron chi connectivity index (χ3n) is 3.56. The maximum atomic E-state index is 13.2. The van der Waals surface area contributed by atoms with E-state index >= 15 is 0 Å². The van der Waals surface area contributed by atoms with Crippen LogP contribution in [0.25, 0.3) is 6.08 Å². The number of hydrogen-bond donors (Lipinski definition) is 1. The number of carbonyl (C=O) groups is 1. The molecule has 10 heteroatoms. The van der Waals surface area contributed by atoms with Gasteiger partial charge in [0.05, 0.1) is 15.1 Å². The zero-order chi connectivity index (χ0) is 19.9. The summed E-state index contributed by atoms with van der Waals surface area (Å²) in [6, 6.07) is 7.12. The molecule has 0 fully saturated rings. The molecule has 0 spiro atoms. The summed E-state index contributed by atoms with van der Waals surface area (Å²) in [5, 5.41) is 9.56. The smallest absolute Gasteiger partial charge is 0.430 e. The first kappa shape index (κ1) is 19.9. The molecule has 0 saturated heterocycles. The highest BCUT2D eigenvalue weighted by Gasteiger charge is 2.48. The van der Waals surface area contributed by atoms with Crippen molar-refractivity contribution in [1.29, 1.82) is 0 Å². The van der Waals surface area contributed by atoms with Crippen LogP contribution in [0.4, 0.5) is 13.2 Å². The lowest BCUT2D eigenvalue weighted by atomic mass is 10.0. The van der Waals surface area contributed by atoms with Crippen LogP contribution in [-0.4, -0.2) is 23.4 Å². The molecule has 0 radical (unpaired) electrons. The predicted octanol–water partition coefficient (Wildman–Crippen LogP) is 6.34. The normalized spacial score (nSPS) is 16.2.